The third-order valence-corrected chi connectivity index (χ3v) is 3.96. The first-order valence-electron chi connectivity index (χ1n) is 6.82. The minimum atomic E-state index is -0.851. The minimum absolute atomic E-state index is 0.489. The number of hydrogen-bond acceptors (Lipinski definition) is 3. The van der Waals surface area contributed by atoms with E-state index in [0.29, 0.717) is 5.69 Å². The fourth-order valence-corrected chi connectivity index (χ4v) is 3.02. The van der Waals surface area contributed by atoms with E-state index in [4.69, 9.17) is 0 Å². The van der Waals surface area contributed by atoms with E-state index in [1.165, 1.54) is 18.2 Å². The summed E-state index contributed by atoms with van der Waals surface area (Å²) in [6.07, 6.45) is 1.91. The predicted octanol–water partition coefficient (Wildman–Crippen LogP) is 3.20. The van der Waals surface area contributed by atoms with Crippen molar-refractivity contribution in [1.82, 2.24) is 4.57 Å². The number of aromatic nitrogens is 1. The number of aliphatic hydroxyl groups is 1. The molecule has 0 radical (unpaired) electrons. The molecule has 1 aliphatic carbocycles. The van der Waals surface area contributed by atoms with Gasteiger partial charge in [0.25, 0.3) is 0 Å². The summed E-state index contributed by atoms with van der Waals surface area (Å²) in [6, 6.07) is 5.79. The Labute approximate surface area is 120 Å². The molecule has 3 rings (SSSR count). The van der Waals surface area contributed by atoms with Crippen LogP contribution in [0.15, 0.2) is 24.3 Å². The van der Waals surface area contributed by atoms with Gasteiger partial charge in [-0.25, -0.2) is 0 Å². The monoisotopic (exact) mass is 290 g/mol. The molecular weight excluding hydrogens is 275 g/mol. The van der Waals surface area contributed by atoms with Crippen LogP contribution in [0.25, 0.3) is 5.69 Å². The zero-order chi connectivity index (χ0) is 15.1. The smallest absolute Gasteiger partial charge is 0.304 e. The van der Waals surface area contributed by atoms with E-state index in [9.17, 15) is 19.6 Å². The fourth-order valence-electron chi connectivity index (χ4n) is 3.02. The van der Waals surface area contributed by atoms with Crippen molar-refractivity contribution in [3.05, 3.63) is 57.1 Å². The average molecular weight is 290 g/mol. The lowest BCUT2D eigenvalue weighted by atomic mass is 9.95. The van der Waals surface area contributed by atoms with Crippen molar-refractivity contribution in [2.45, 2.75) is 32.3 Å². The summed E-state index contributed by atoms with van der Waals surface area (Å²) < 4.78 is 15.7. The van der Waals surface area contributed by atoms with Crippen LogP contribution in [0, 0.1) is 22.9 Å². The van der Waals surface area contributed by atoms with Gasteiger partial charge >= 0.3 is 5.69 Å². The van der Waals surface area contributed by atoms with E-state index in [-0.39, 0.29) is 0 Å². The second-order valence-corrected chi connectivity index (χ2v) is 5.32. The second-order valence-electron chi connectivity index (χ2n) is 5.32. The van der Waals surface area contributed by atoms with Gasteiger partial charge in [0.15, 0.2) is 0 Å². The molecule has 110 valence electrons. The Morgan fingerprint density at radius 1 is 1.43 bits per heavy atom. The average Bonchev–Trinajstić information content (AvgIpc) is 2.76. The lowest BCUT2D eigenvalue weighted by molar-refractivity contribution is -0.387. The second kappa shape index (κ2) is 4.96. The third-order valence-electron chi connectivity index (χ3n) is 3.96. The van der Waals surface area contributed by atoms with E-state index in [0.717, 1.165) is 36.2 Å². The first-order chi connectivity index (χ1) is 9.99. The van der Waals surface area contributed by atoms with E-state index >= 15 is 0 Å². The van der Waals surface area contributed by atoms with Gasteiger partial charge in [-0.2, -0.15) is 4.39 Å². The maximum Gasteiger partial charge on any atom is 0.304 e. The highest BCUT2D eigenvalue weighted by Crippen LogP contribution is 2.34. The lowest BCUT2D eigenvalue weighted by Crippen LogP contribution is -2.11. The van der Waals surface area contributed by atoms with Gasteiger partial charge in [-0.05, 0) is 38.3 Å². The molecule has 0 spiro atoms. The summed E-state index contributed by atoms with van der Waals surface area (Å²) in [4.78, 5) is 9.95. The molecule has 21 heavy (non-hydrogen) atoms. The minimum Gasteiger partial charge on any atom is -0.388 e. The molecule has 1 atom stereocenters. The Morgan fingerprint density at radius 2 is 2.19 bits per heavy atom. The fraction of sp³-hybridized carbons (Fsp3) is 0.333. The van der Waals surface area contributed by atoms with Crippen LogP contribution < -0.4 is 0 Å². The molecule has 0 bridgehead atoms. The summed E-state index contributed by atoms with van der Waals surface area (Å²) in [5.41, 5.74) is 2.73. The highest BCUT2D eigenvalue weighted by molar-refractivity contribution is 5.47. The normalized spacial score (nSPS) is 17.6. The highest BCUT2D eigenvalue weighted by Gasteiger charge is 2.24. The SMILES string of the molecule is Cc1cc2c(n1-c1ccc([N+](=O)[O-])c(F)c1)CCCC2O. The van der Waals surface area contributed by atoms with Crippen LogP contribution in [0.4, 0.5) is 10.1 Å². The zero-order valence-electron chi connectivity index (χ0n) is 11.5. The molecule has 1 aliphatic rings. The number of nitro groups is 1. The number of benzene rings is 1. The van der Waals surface area contributed by atoms with Gasteiger partial charge in [-0.1, -0.05) is 0 Å². The van der Waals surface area contributed by atoms with Crippen molar-refractivity contribution in [3.8, 4) is 5.69 Å². The molecular formula is C15H15FN2O3. The number of nitro benzene ring substituents is 1. The molecule has 1 aromatic heterocycles. The van der Waals surface area contributed by atoms with E-state index in [1.807, 2.05) is 17.6 Å². The molecule has 0 saturated carbocycles. The Balaban J connectivity index is 2.13. The lowest BCUT2D eigenvalue weighted by Gasteiger charge is -2.20. The maximum absolute atomic E-state index is 13.8. The number of nitrogens with zero attached hydrogens (tertiary/aromatic N) is 2. The summed E-state index contributed by atoms with van der Waals surface area (Å²) in [6.45, 7) is 1.88. The molecule has 1 N–H and O–H groups in total. The Bertz CT molecular complexity index is 724. The maximum atomic E-state index is 13.8. The van der Waals surface area contributed by atoms with Crippen LogP contribution in [0.2, 0.25) is 0 Å². The molecule has 6 heteroatoms. The van der Waals surface area contributed by atoms with Crippen LogP contribution in [-0.2, 0) is 6.42 Å². The Morgan fingerprint density at radius 3 is 2.86 bits per heavy atom. The number of aliphatic hydroxyl groups excluding tert-OH is 1. The van der Waals surface area contributed by atoms with Crippen molar-refractivity contribution in [2.75, 3.05) is 0 Å². The topological polar surface area (TPSA) is 68.3 Å². The predicted molar refractivity (Wildman–Crippen MR) is 75.0 cm³/mol. The van der Waals surface area contributed by atoms with E-state index < -0.39 is 22.5 Å². The summed E-state index contributed by atoms with van der Waals surface area (Å²) >= 11 is 0. The number of rotatable bonds is 2. The van der Waals surface area contributed by atoms with Crippen LogP contribution in [0.1, 0.15) is 35.9 Å². The van der Waals surface area contributed by atoms with Crippen molar-refractivity contribution in [3.63, 3.8) is 0 Å². The van der Waals surface area contributed by atoms with Gasteiger partial charge in [0.05, 0.1) is 11.0 Å². The molecule has 0 fully saturated rings. The van der Waals surface area contributed by atoms with Crippen LogP contribution >= 0.6 is 0 Å². The first-order valence-corrected chi connectivity index (χ1v) is 6.82. The summed E-state index contributed by atoms with van der Waals surface area (Å²) in [5, 5.41) is 20.7. The Hall–Kier alpha value is -2.21. The van der Waals surface area contributed by atoms with Crippen molar-refractivity contribution < 1.29 is 14.4 Å². The largest absolute Gasteiger partial charge is 0.388 e. The standard InChI is InChI=1S/C15H15FN2O3/c1-9-7-11-13(3-2-4-15(11)19)17(9)10-5-6-14(18(20)21)12(16)8-10/h5-8,15,19H,2-4H2,1H3. The summed E-state index contributed by atoms with van der Waals surface area (Å²) in [7, 11) is 0. The van der Waals surface area contributed by atoms with Gasteiger partial charge < -0.3 is 9.67 Å². The van der Waals surface area contributed by atoms with Crippen LogP contribution in [-0.4, -0.2) is 14.6 Å². The third kappa shape index (κ3) is 2.21. The van der Waals surface area contributed by atoms with E-state index in [1.54, 1.807) is 0 Å². The van der Waals surface area contributed by atoms with Crippen molar-refractivity contribution in [2.24, 2.45) is 0 Å². The van der Waals surface area contributed by atoms with Gasteiger partial charge in [0, 0.05) is 34.8 Å². The molecule has 0 aliphatic heterocycles. The van der Waals surface area contributed by atoms with E-state index in [2.05, 4.69) is 0 Å². The summed E-state index contributed by atoms with van der Waals surface area (Å²) in [5.74, 6) is -0.851. The number of fused-ring (bicyclic) bond motifs is 1. The molecule has 1 aromatic carbocycles. The molecule has 0 saturated heterocycles. The van der Waals surface area contributed by atoms with Crippen molar-refractivity contribution in [1.29, 1.82) is 0 Å². The first kappa shape index (κ1) is 13.8. The molecule has 1 unspecified atom stereocenters. The number of halogens is 1. The molecule has 1 heterocycles. The highest BCUT2D eigenvalue weighted by atomic mass is 19.1. The molecule has 5 nitrogen and oxygen atoms in total. The van der Waals surface area contributed by atoms with Gasteiger partial charge in [0.1, 0.15) is 0 Å². The zero-order valence-corrected chi connectivity index (χ0v) is 11.5. The van der Waals surface area contributed by atoms with Crippen LogP contribution in [0.5, 0.6) is 0 Å². The quantitative estimate of drug-likeness (QED) is 0.682. The van der Waals surface area contributed by atoms with Gasteiger partial charge in [0.2, 0.25) is 5.82 Å². The number of hydrogen-bond donors (Lipinski definition) is 1. The molecule has 2 aromatic rings. The van der Waals surface area contributed by atoms with Crippen molar-refractivity contribution >= 4 is 5.69 Å². The Kier molecular flexibility index (Phi) is 3.25. The van der Waals surface area contributed by atoms with Gasteiger partial charge in [-0.3, -0.25) is 10.1 Å². The van der Waals surface area contributed by atoms with Crippen LogP contribution in [0.3, 0.4) is 0 Å². The number of aryl methyl sites for hydroxylation is 1. The molecule has 0 amide bonds. The van der Waals surface area contributed by atoms with Gasteiger partial charge in [-0.15, -0.1) is 0 Å².